The van der Waals surface area contributed by atoms with Crippen molar-refractivity contribution in [1.29, 1.82) is 5.26 Å². The van der Waals surface area contributed by atoms with Gasteiger partial charge in [-0.2, -0.15) is 5.26 Å². The third kappa shape index (κ3) is 3.76. The van der Waals surface area contributed by atoms with Crippen LogP contribution in [0.3, 0.4) is 0 Å². The lowest BCUT2D eigenvalue weighted by atomic mass is 10.0. The zero-order valence-electron chi connectivity index (χ0n) is 10.1. The Morgan fingerprint density at radius 3 is 2.82 bits per heavy atom. The lowest BCUT2D eigenvalue weighted by Gasteiger charge is -2.05. The number of carbonyl (C=O) groups is 1. The first-order valence-electron chi connectivity index (χ1n) is 5.59. The molecule has 88 valence electrons. The number of benzene rings is 1. The summed E-state index contributed by atoms with van der Waals surface area (Å²) in [6, 6.07) is 9.28. The molecule has 1 aromatic carbocycles. The van der Waals surface area contributed by atoms with Crippen molar-refractivity contribution < 1.29 is 9.53 Å². The Bertz CT molecular complexity index is 469. The normalized spacial score (nSPS) is 10.8. The lowest BCUT2D eigenvalue weighted by molar-refractivity contribution is -0.137. The summed E-state index contributed by atoms with van der Waals surface area (Å²) in [5.74, 6) is -0.341. The fourth-order valence-electron chi connectivity index (χ4n) is 1.50. The molecule has 1 aromatic rings. The van der Waals surface area contributed by atoms with Gasteiger partial charge in [-0.15, -0.1) is 0 Å². The number of ether oxygens (including phenoxy) is 1. The highest BCUT2D eigenvalue weighted by Gasteiger charge is 2.04. The van der Waals surface area contributed by atoms with E-state index in [1.165, 1.54) is 6.08 Å². The van der Waals surface area contributed by atoms with Crippen molar-refractivity contribution in [2.24, 2.45) is 0 Å². The van der Waals surface area contributed by atoms with Crippen LogP contribution in [-0.2, 0) is 9.53 Å². The number of hydrogen-bond donors (Lipinski definition) is 0. The summed E-state index contributed by atoms with van der Waals surface area (Å²) < 4.78 is 4.87. The average molecular weight is 229 g/mol. The third-order valence-electron chi connectivity index (χ3n) is 2.32. The molecule has 0 heterocycles. The maximum atomic E-state index is 11.4. The van der Waals surface area contributed by atoms with E-state index in [9.17, 15) is 4.79 Å². The van der Waals surface area contributed by atoms with Gasteiger partial charge < -0.3 is 4.74 Å². The first kappa shape index (κ1) is 13.0. The van der Waals surface area contributed by atoms with Crippen molar-refractivity contribution in [1.82, 2.24) is 0 Å². The average Bonchev–Trinajstić information content (AvgIpc) is 2.36. The number of carbonyl (C=O) groups excluding carboxylic acids is 1. The van der Waals surface area contributed by atoms with E-state index in [1.54, 1.807) is 19.1 Å². The Hall–Kier alpha value is -2.08. The molecule has 3 heteroatoms. The molecule has 0 aliphatic heterocycles. The minimum atomic E-state index is -0.341. The molecule has 0 fully saturated rings. The number of nitriles is 1. The van der Waals surface area contributed by atoms with E-state index in [2.05, 4.69) is 6.07 Å². The van der Waals surface area contributed by atoms with Crippen LogP contribution in [-0.4, -0.2) is 12.6 Å². The largest absolute Gasteiger partial charge is 0.463 e. The molecule has 0 atom stereocenters. The van der Waals surface area contributed by atoms with Crippen molar-refractivity contribution in [3.8, 4) is 6.07 Å². The maximum Gasteiger partial charge on any atom is 0.331 e. The molecule has 0 unspecified atom stereocenters. The topological polar surface area (TPSA) is 50.1 Å². The third-order valence-corrected chi connectivity index (χ3v) is 2.32. The van der Waals surface area contributed by atoms with E-state index in [0.717, 1.165) is 11.1 Å². The summed E-state index contributed by atoms with van der Waals surface area (Å²) in [4.78, 5) is 11.4. The second-order valence-corrected chi connectivity index (χ2v) is 3.47. The molecule has 0 N–H and O–H groups in total. The van der Waals surface area contributed by atoms with Gasteiger partial charge in [-0.1, -0.05) is 19.1 Å². The van der Waals surface area contributed by atoms with Crippen molar-refractivity contribution in [2.75, 3.05) is 6.61 Å². The van der Waals surface area contributed by atoms with Gasteiger partial charge in [0.05, 0.1) is 18.2 Å². The van der Waals surface area contributed by atoms with Gasteiger partial charge in [0.1, 0.15) is 0 Å². The SMILES string of the molecule is CCOC(=O)/C=C(\CC)c1cccc(C#N)c1. The zero-order valence-corrected chi connectivity index (χ0v) is 10.1. The highest BCUT2D eigenvalue weighted by molar-refractivity contribution is 5.91. The van der Waals surface area contributed by atoms with E-state index >= 15 is 0 Å². The molecule has 0 saturated carbocycles. The highest BCUT2D eigenvalue weighted by atomic mass is 16.5. The fraction of sp³-hybridized carbons (Fsp3) is 0.286. The minimum absolute atomic E-state index is 0.341. The Morgan fingerprint density at radius 2 is 2.24 bits per heavy atom. The van der Waals surface area contributed by atoms with Gasteiger partial charge in [0, 0.05) is 6.08 Å². The van der Waals surface area contributed by atoms with Gasteiger partial charge in [-0.3, -0.25) is 0 Å². The summed E-state index contributed by atoms with van der Waals surface area (Å²) in [5, 5.41) is 8.82. The molecule has 1 rings (SSSR count). The van der Waals surface area contributed by atoms with E-state index in [0.29, 0.717) is 18.6 Å². The van der Waals surface area contributed by atoms with Gasteiger partial charge in [0.15, 0.2) is 0 Å². The first-order chi connectivity index (χ1) is 8.21. The van der Waals surface area contributed by atoms with Crippen LogP contribution in [0.1, 0.15) is 31.4 Å². The number of rotatable bonds is 4. The molecule has 0 aliphatic carbocycles. The van der Waals surface area contributed by atoms with Crippen molar-refractivity contribution in [2.45, 2.75) is 20.3 Å². The van der Waals surface area contributed by atoms with Crippen LogP contribution in [0, 0.1) is 11.3 Å². The van der Waals surface area contributed by atoms with Gasteiger partial charge in [0.25, 0.3) is 0 Å². The number of allylic oxidation sites excluding steroid dienone is 1. The Kier molecular flexibility index (Phi) is 4.96. The highest BCUT2D eigenvalue weighted by Crippen LogP contribution is 2.19. The Morgan fingerprint density at radius 1 is 1.47 bits per heavy atom. The van der Waals surface area contributed by atoms with Gasteiger partial charge in [-0.25, -0.2) is 4.79 Å². The summed E-state index contributed by atoms with van der Waals surface area (Å²) >= 11 is 0. The number of hydrogen-bond acceptors (Lipinski definition) is 3. The van der Waals surface area contributed by atoms with Gasteiger partial charge in [0.2, 0.25) is 0 Å². The summed E-state index contributed by atoms with van der Waals surface area (Å²) in [6.07, 6.45) is 2.20. The van der Waals surface area contributed by atoms with Crippen LogP contribution < -0.4 is 0 Å². The molecular weight excluding hydrogens is 214 g/mol. The Balaban J connectivity index is 3.01. The van der Waals surface area contributed by atoms with E-state index in [4.69, 9.17) is 10.00 Å². The van der Waals surface area contributed by atoms with Crippen molar-refractivity contribution >= 4 is 11.5 Å². The van der Waals surface area contributed by atoms with Crippen LogP contribution in [0.15, 0.2) is 30.3 Å². The van der Waals surface area contributed by atoms with E-state index < -0.39 is 0 Å². The smallest absolute Gasteiger partial charge is 0.331 e. The summed E-state index contributed by atoms with van der Waals surface area (Å²) in [5.41, 5.74) is 2.35. The molecule has 0 aromatic heterocycles. The van der Waals surface area contributed by atoms with E-state index in [1.807, 2.05) is 19.1 Å². The lowest BCUT2D eigenvalue weighted by Crippen LogP contribution is -2.01. The zero-order chi connectivity index (χ0) is 12.7. The second-order valence-electron chi connectivity index (χ2n) is 3.47. The quantitative estimate of drug-likeness (QED) is 0.589. The molecule has 0 amide bonds. The van der Waals surface area contributed by atoms with E-state index in [-0.39, 0.29) is 5.97 Å². The molecule has 0 aliphatic rings. The molecule has 0 radical (unpaired) electrons. The Labute approximate surface area is 101 Å². The maximum absolute atomic E-state index is 11.4. The minimum Gasteiger partial charge on any atom is -0.463 e. The monoisotopic (exact) mass is 229 g/mol. The number of nitrogens with zero attached hydrogens (tertiary/aromatic N) is 1. The number of esters is 1. The van der Waals surface area contributed by atoms with Crippen molar-refractivity contribution in [3.05, 3.63) is 41.5 Å². The van der Waals surface area contributed by atoms with Crippen LogP contribution in [0.4, 0.5) is 0 Å². The molecule has 17 heavy (non-hydrogen) atoms. The predicted octanol–water partition coefficient (Wildman–Crippen LogP) is 2.91. The molecular formula is C14H15NO2. The van der Waals surface area contributed by atoms with Gasteiger partial charge >= 0.3 is 5.97 Å². The second kappa shape index (κ2) is 6.49. The van der Waals surface area contributed by atoms with Crippen LogP contribution in [0.5, 0.6) is 0 Å². The van der Waals surface area contributed by atoms with Crippen LogP contribution >= 0.6 is 0 Å². The molecule has 0 saturated heterocycles. The standard InChI is InChI=1S/C14H15NO2/c1-3-12(9-14(16)17-4-2)13-7-5-6-11(8-13)10-15/h5-9H,3-4H2,1-2H3/b12-9+. The van der Waals surface area contributed by atoms with Gasteiger partial charge in [-0.05, 0) is 36.6 Å². The molecule has 0 bridgehead atoms. The first-order valence-corrected chi connectivity index (χ1v) is 5.59. The van der Waals surface area contributed by atoms with Crippen LogP contribution in [0.25, 0.3) is 5.57 Å². The van der Waals surface area contributed by atoms with Crippen LogP contribution in [0.2, 0.25) is 0 Å². The summed E-state index contributed by atoms with van der Waals surface area (Å²) in [7, 11) is 0. The fourth-order valence-corrected chi connectivity index (χ4v) is 1.50. The molecule has 0 spiro atoms. The predicted molar refractivity (Wildman–Crippen MR) is 66.1 cm³/mol. The molecule has 3 nitrogen and oxygen atoms in total. The van der Waals surface area contributed by atoms with Crippen molar-refractivity contribution in [3.63, 3.8) is 0 Å². The summed E-state index contributed by atoms with van der Waals surface area (Å²) in [6.45, 7) is 4.10.